The molecule has 0 saturated carbocycles. The zero-order chi connectivity index (χ0) is 13.5. The Morgan fingerprint density at radius 3 is 2.94 bits per heavy atom. The van der Waals surface area contributed by atoms with Gasteiger partial charge in [0, 0.05) is 25.3 Å². The topological polar surface area (TPSA) is 65.5 Å². The Kier molecular flexibility index (Phi) is 5.58. The van der Waals surface area contributed by atoms with E-state index in [0.717, 1.165) is 13.0 Å². The summed E-state index contributed by atoms with van der Waals surface area (Å²) in [5.41, 5.74) is 0.832. The van der Waals surface area contributed by atoms with Gasteiger partial charge < -0.3 is 15.3 Å². The molecule has 2 N–H and O–H groups in total. The van der Waals surface area contributed by atoms with Gasteiger partial charge in [-0.15, -0.1) is 0 Å². The summed E-state index contributed by atoms with van der Waals surface area (Å²) >= 11 is 0. The smallest absolute Gasteiger partial charge is 0.337 e. The second kappa shape index (κ2) is 6.96. The molecule has 1 rings (SSSR count). The number of rotatable bonds is 7. The minimum absolute atomic E-state index is 0.260. The Bertz CT molecular complexity index is 396. The highest BCUT2D eigenvalue weighted by Crippen LogP contribution is 2.12. The number of hydrogen-bond acceptors (Lipinski definition) is 4. The van der Waals surface area contributed by atoms with Crippen molar-refractivity contribution in [2.24, 2.45) is 0 Å². The fourth-order valence-corrected chi connectivity index (χ4v) is 1.62. The lowest BCUT2D eigenvalue weighted by molar-refractivity contribution is 0.0698. The highest BCUT2D eigenvalue weighted by atomic mass is 16.4. The molecule has 0 amide bonds. The molecule has 18 heavy (non-hydrogen) atoms. The van der Waals surface area contributed by atoms with Crippen molar-refractivity contribution in [3.8, 4) is 0 Å². The maximum absolute atomic E-state index is 11.0. The van der Waals surface area contributed by atoms with Crippen LogP contribution < -0.4 is 5.32 Å². The standard InChI is InChI=1S/C13H21N3O2/c1-4-10(2)16(3)8-7-15-12-9-14-6-5-11(12)13(17)18/h5-6,9-10,15H,4,7-8H2,1-3H3,(H,17,18). The van der Waals surface area contributed by atoms with Crippen LogP contribution in [0.1, 0.15) is 30.6 Å². The first-order valence-electron chi connectivity index (χ1n) is 6.17. The van der Waals surface area contributed by atoms with Gasteiger partial charge in [0.1, 0.15) is 0 Å². The average Bonchev–Trinajstić information content (AvgIpc) is 2.38. The lowest BCUT2D eigenvalue weighted by atomic mass is 10.2. The molecular weight excluding hydrogens is 230 g/mol. The predicted octanol–water partition coefficient (Wildman–Crippen LogP) is 1.92. The van der Waals surface area contributed by atoms with Gasteiger partial charge in [0.05, 0.1) is 17.4 Å². The zero-order valence-corrected chi connectivity index (χ0v) is 11.2. The average molecular weight is 251 g/mol. The summed E-state index contributed by atoms with van der Waals surface area (Å²) in [4.78, 5) is 17.2. The minimum Gasteiger partial charge on any atom is -0.478 e. The number of pyridine rings is 1. The van der Waals surface area contributed by atoms with E-state index in [9.17, 15) is 4.79 Å². The van der Waals surface area contributed by atoms with Gasteiger partial charge in [-0.3, -0.25) is 4.98 Å². The van der Waals surface area contributed by atoms with Gasteiger partial charge in [0.25, 0.3) is 0 Å². The molecule has 0 saturated heterocycles. The largest absolute Gasteiger partial charge is 0.478 e. The monoisotopic (exact) mass is 251 g/mol. The quantitative estimate of drug-likeness (QED) is 0.775. The van der Waals surface area contributed by atoms with E-state index in [0.29, 0.717) is 18.3 Å². The molecule has 0 aliphatic heterocycles. The van der Waals surface area contributed by atoms with E-state index in [1.165, 1.54) is 12.3 Å². The molecule has 0 aliphatic rings. The molecular formula is C13H21N3O2. The first-order valence-corrected chi connectivity index (χ1v) is 6.17. The van der Waals surface area contributed by atoms with Crippen LogP contribution in [0.2, 0.25) is 0 Å². The molecule has 0 aliphatic carbocycles. The van der Waals surface area contributed by atoms with Gasteiger partial charge in [-0.1, -0.05) is 6.92 Å². The number of anilines is 1. The maximum atomic E-state index is 11.0. The predicted molar refractivity (Wildman–Crippen MR) is 72.1 cm³/mol. The van der Waals surface area contributed by atoms with Gasteiger partial charge in [0.2, 0.25) is 0 Å². The summed E-state index contributed by atoms with van der Waals surface area (Å²) in [5, 5.41) is 12.1. The SMILES string of the molecule is CCC(C)N(C)CCNc1cnccc1C(=O)O. The third-order valence-electron chi connectivity index (χ3n) is 3.17. The van der Waals surface area contributed by atoms with E-state index >= 15 is 0 Å². The molecule has 5 heteroatoms. The molecule has 0 aromatic carbocycles. The number of carboxylic acids is 1. The Labute approximate surface area is 108 Å². The van der Waals surface area contributed by atoms with E-state index < -0.39 is 5.97 Å². The number of hydrogen-bond donors (Lipinski definition) is 2. The van der Waals surface area contributed by atoms with Crippen molar-refractivity contribution in [2.45, 2.75) is 26.3 Å². The second-order valence-electron chi connectivity index (χ2n) is 4.39. The van der Waals surface area contributed by atoms with Gasteiger partial charge in [-0.2, -0.15) is 0 Å². The van der Waals surface area contributed by atoms with Crippen LogP contribution in [0.15, 0.2) is 18.5 Å². The number of nitrogens with one attached hydrogen (secondary N) is 1. The highest BCUT2D eigenvalue weighted by molar-refractivity contribution is 5.93. The zero-order valence-electron chi connectivity index (χ0n) is 11.2. The summed E-state index contributed by atoms with van der Waals surface area (Å²) in [6, 6.07) is 2.03. The Morgan fingerprint density at radius 2 is 2.33 bits per heavy atom. The van der Waals surface area contributed by atoms with Crippen molar-refractivity contribution in [3.63, 3.8) is 0 Å². The number of carboxylic acid groups (broad SMARTS) is 1. The molecule has 1 aromatic heterocycles. The van der Waals surface area contributed by atoms with Crippen molar-refractivity contribution in [3.05, 3.63) is 24.0 Å². The van der Waals surface area contributed by atoms with E-state index in [1.54, 1.807) is 6.20 Å². The van der Waals surface area contributed by atoms with Crippen molar-refractivity contribution in [2.75, 3.05) is 25.5 Å². The maximum Gasteiger partial charge on any atom is 0.337 e. The van der Waals surface area contributed by atoms with Crippen molar-refractivity contribution in [1.29, 1.82) is 0 Å². The van der Waals surface area contributed by atoms with Crippen LogP contribution in [-0.4, -0.2) is 47.1 Å². The highest BCUT2D eigenvalue weighted by Gasteiger charge is 2.10. The molecule has 100 valence electrons. The Morgan fingerprint density at radius 1 is 1.61 bits per heavy atom. The van der Waals surface area contributed by atoms with Gasteiger partial charge >= 0.3 is 5.97 Å². The van der Waals surface area contributed by atoms with E-state index in [4.69, 9.17) is 5.11 Å². The first kappa shape index (κ1) is 14.4. The van der Waals surface area contributed by atoms with Gasteiger partial charge in [0.15, 0.2) is 0 Å². The van der Waals surface area contributed by atoms with Gasteiger partial charge in [-0.05, 0) is 26.5 Å². The molecule has 0 spiro atoms. The number of aromatic nitrogens is 1. The Hall–Kier alpha value is -1.62. The molecule has 1 aromatic rings. The van der Waals surface area contributed by atoms with E-state index in [1.807, 2.05) is 0 Å². The first-order chi connectivity index (χ1) is 8.56. The summed E-state index contributed by atoms with van der Waals surface area (Å²) in [6.07, 6.45) is 4.14. The van der Waals surface area contributed by atoms with E-state index in [2.05, 4.69) is 36.1 Å². The third kappa shape index (κ3) is 4.00. The number of carbonyl (C=O) groups is 1. The fraction of sp³-hybridized carbons (Fsp3) is 0.538. The summed E-state index contributed by atoms with van der Waals surface area (Å²) < 4.78 is 0. The van der Waals surface area contributed by atoms with Crippen LogP contribution in [0, 0.1) is 0 Å². The van der Waals surface area contributed by atoms with Crippen LogP contribution in [0.5, 0.6) is 0 Å². The van der Waals surface area contributed by atoms with Crippen LogP contribution in [-0.2, 0) is 0 Å². The van der Waals surface area contributed by atoms with E-state index in [-0.39, 0.29) is 5.56 Å². The number of likely N-dealkylation sites (N-methyl/N-ethyl adjacent to an activating group) is 1. The molecule has 1 heterocycles. The van der Waals surface area contributed by atoms with Crippen LogP contribution >= 0.6 is 0 Å². The minimum atomic E-state index is -0.935. The molecule has 0 bridgehead atoms. The second-order valence-corrected chi connectivity index (χ2v) is 4.39. The molecule has 1 atom stereocenters. The molecule has 1 unspecified atom stereocenters. The molecule has 0 fully saturated rings. The molecule has 5 nitrogen and oxygen atoms in total. The Balaban J connectivity index is 2.51. The number of aromatic carboxylic acids is 1. The normalized spacial score (nSPS) is 12.4. The number of nitrogens with zero attached hydrogens (tertiary/aromatic N) is 2. The van der Waals surface area contributed by atoms with Crippen molar-refractivity contribution < 1.29 is 9.90 Å². The summed E-state index contributed by atoms with van der Waals surface area (Å²) in [5.74, 6) is -0.935. The lowest BCUT2D eigenvalue weighted by Crippen LogP contribution is -2.32. The third-order valence-corrected chi connectivity index (χ3v) is 3.17. The van der Waals surface area contributed by atoms with Crippen molar-refractivity contribution >= 4 is 11.7 Å². The lowest BCUT2D eigenvalue weighted by Gasteiger charge is -2.23. The fourth-order valence-electron chi connectivity index (χ4n) is 1.62. The summed E-state index contributed by atoms with van der Waals surface area (Å²) in [6.45, 7) is 5.89. The van der Waals surface area contributed by atoms with Crippen molar-refractivity contribution in [1.82, 2.24) is 9.88 Å². The summed E-state index contributed by atoms with van der Waals surface area (Å²) in [7, 11) is 2.07. The van der Waals surface area contributed by atoms with Crippen LogP contribution in [0.4, 0.5) is 5.69 Å². The van der Waals surface area contributed by atoms with Gasteiger partial charge in [-0.25, -0.2) is 4.79 Å². The van der Waals surface area contributed by atoms with Crippen LogP contribution in [0.3, 0.4) is 0 Å². The molecule has 0 radical (unpaired) electrons. The van der Waals surface area contributed by atoms with Crippen LogP contribution in [0.25, 0.3) is 0 Å².